The predicted octanol–water partition coefficient (Wildman–Crippen LogP) is 1.90. The highest BCUT2D eigenvalue weighted by Gasteiger charge is 2.19. The molecule has 0 aliphatic rings. The predicted molar refractivity (Wildman–Crippen MR) is 68.2 cm³/mol. The Labute approximate surface area is 106 Å². The van der Waals surface area contributed by atoms with Crippen LogP contribution in [0.3, 0.4) is 0 Å². The highest BCUT2D eigenvalue weighted by atomic mass is 19.1. The Morgan fingerprint density at radius 3 is 2.89 bits per heavy atom. The van der Waals surface area contributed by atoms with Crippen molar-refractivity contribution >= 4 is 0 Å². The van der Waals surface area contributed by atoms with Gasteiger partial charge in [0.15, 0.2) is 0 Å². The number of nitrogens with two attached hydrogens (primary N) is 1. The van der Waals surface area contributed by atoms with Crippen molar-refractivity contribution in [3.05, 3.63) is 53.1 Å². The average molecular weight is 248 g/mol. The van der Waals surface area contributed by atoms with Crippen molar-refractivity contribution in [2.24, 2.45) is 5.84 Å². The largest absolute Gasteiger partial charge is 0.271 e. The highest BCUT2D eigenvalue weighted by molar-refractivity contribution is 5.32. The topological polar surface area (TPSA) is 55.9 Å². The Kier molecular flexibility index (Phi) is 3.74. The second-order valence-electron chi connectivity index (χ2n) is 4.20. The van der Waals surface area contributed by atoms with Gasteiger partial charge >= 0.3 is 0 Å². The highest BCUT2D eigenvalue weighted by Crippen LogP contribution is 2.24. The number of nitrogens with zero attached hydrogens (tertiary/aromatic N) is 2. The van der Waals surface area contributed by atoms with Crippen LogP contribution < -0.4 is 11.3 Å². The van der Waals surface area contributed by atoms with Crippen LogP contribution >= 0.6 is 0 Å². The minimum atomic E-state index is -0.396. The summed E-state index contributed by atoms with van der Waals surface area (Å²) in [6.45, 7) is 4.62. The van der Waals surface area contributed by atoms with Crippen molar-refractivity contribution in [2.75, 3.05) is 0 Å². The van der Waals surface area contributed by atoms with E-state index in [-0.39, 0.29) is 5.82 Å². The quantitative estimate of drug-likeness (QED) is 0.642. The molecule has 3 N–H and O–H groups in total. The maximum absolute atomic E-state index is 13.9. The fourth-order valence-electron chi connectivity index (χ4n) is 2.07. The number of hydrogen-bond acceptors (Lipinski definition) is 3. The molecule has 1 aromatic carbocycles. The van der Waals surface area contributed by atoms with Crippen LogP contribution in [-0.2, 0) is 6.54 Å². The van der Waals surface area contributed by atoms with E-state index >= 15 is 0 Å². The van der Waals surface area contributed by atoms with Crippen molar-refractivity contribution in [3.8, 4) is 0 Å². The molecule has 96 valence electrons. The molecule has 0 fully saturated rings. The molecule has 0 aliphatic heterocycles. The SMILES string of the molecule is CCn1nccc1C(NN)c1cc(C)ccc1F. The molecule has 1 atom stereocenters. The second kappa shape index (κ2) is 5.29. The summed E-state index contributed by atoms with van der Waals surface area (Å²) in [6, 6.07) is 6.45. The molecule has 4 nitrogen and oxygen atoms in total. The van der Waals surface area contributed by atoms with Crippen LogP contribution in [0.1, 0.15) is 29.8 Å². The van der Waals surface area contributed by atoms with Gasteiger partial charge in [0.2, 0.25) is 0 Å². The van der Waals surface area contributed by atoms with Gasteiger partial charge < -0.3 is 0 Å². The van der Waals surface area contributed by atoms with Crippen molar-refractivity contribution in [1.29, 1.82) is 0 Å². The van der Waals surface area contributed by atoms with Crippen LogP contribution in [0.25, 0.3) is 0 Å². The molecule has 0 radical (unpaired) electrons. The third-order valence-corrected chi connectivity index (χ3v) is 2.97. The number of hydrogen-bond donors (Lipinski definition) is 2. The third-order valence-electron chi connectivity index (χ3n) is 2.97. The van der Waals surface area contributed by atoms with Crippen LogP contribution in [0, 0.1) is 12.7 Å². The number of nitrogens with one attached hydrogen (secondary N) is 1. The molecule has 0 amide bonds. The minimum absolute atomic E-state index is 0.271. The third kappa shape index (κ3) is 2.27. The van der Waals surface area contributed by atoms with Gasteiger partial charge in [-0.2, -0.15) is 5.10 Å². The Bertz CT molecular complexity index is 536. The molecule has 2 aromatic rings. The number of rotatable bonds is 4. The second-order valence-corrected chi connectivity index (χ2v) is 4.20. The fraction of sp³-hybridized carbons (Fsp3) is 0.308. The van der Waals surface area contributed by atoms with E-state index in [0.29, 0.717) is 12.1 Å². The van der Waals surface area contributed by atoms with Gasteiger partial charge in [-0.05, 0) is 26.0 Å². The molecule has 1 unspecified atom stereocenters. The maximum atomic E-state index is 13.9. The zero-order valence-electron chi connectivity index (χ0n) is 10.5. The van der Waals surface area contributed by atoms with Gasteiger partial charge in [0.05, 0.1) is 11.7 Å². The molecule has 1 aromatic heterocycles. The lowest BCUT2D eigenvalue weighted by molar-refractivity contribution is 0.516. The van der Waals surface area contributed by atoms with Gasteiger partial charge in [0, 0.05) is 18.3 Å². The van der Waals surface area contributed by atoms with Gasteiger partial charge in [0.25, 0.3) is 0 Å². The summed E-state index contributed by atoms with van der Waals surface area (Å²) in [4.78, 5) is 0. The van der Waals surface area contributed by atoms with Crippen molar-refractivity contribution < 1.29 is 4.39 Å². The zero-order valence-corrected chi connectivity index (χ0v) is 10.5. The first-order valence-corrected chi connectivity index (χ1v) is 5.91. The Morgan fingerprint density at radius 2 is 2.22 bits per heavy atom. The molecule has 18 heavy (non-hydrogen) atoms. The molecule has 2 rings (SSSR count). The lowest BCUT2D eigenvalue weighted by atomic mass is 10.0. The first-order valence-electron chi connectivity index (χ1n) is 5.91. The monoisotopic (exact) mass is 248 g/mol. The summed E-state index contributed by atoms with van der Waals surface area (Å²) in [5.41, 5.74) is 5.04. The smallest absolute Gasteiger partial charge is 0.128 e. The summed E-state index contributed by atoms with van der Waals surface area (Å²) in [7, 11) is 0. The number of benzene rings is 1. The summed E-state index contributed by atoms with van der Waals surface area (Å²) < 4.78 is 15.7. The molecule has 0 bridgehead atoms. The average Bonchev–Trinajstić information content (AvgIpc) is 2.83. The van der Waals surface area contributed by atoms with E-state index in [1.54, 1.807) is 23.0 Å². The van der Waals surface area contributed by atoms with Gasteiger partial charge in [-0.3, -0.25) is 10.5 Å². The van der Waals surface area contributed by atoms with E-state index in [4.69, 9.17) is 5.84 Å². The van der Waals surface area contributed by atoms with Crippen molar-refractivity contribution in [3.63, 3.8) is 0 Å². The molecule has 0 saturated heterocycles. The van der Waals surface area contributed by atoms with E-state index in [2.05, 4.69) is 10.5 Å². The van der Waals surface area contributed by atoms with E-state index in [9.17, 15) is 4.39 Å². The first kappa shape index (κ1) is 12.7. The summed E-state index contributed by atoms with van der Waals surface area (Å²) >= 11 is 0. The lowest BCUT2D eigenvalue weighted by Crippen LogP contribution is -2.31. The van der Waals surface area contributed by atoms with Crippen LogP contribution in [0.2, 0.25) is 0 Å². The van der Waals surface area contributed by atoms with Gasteiger partial charge in [-0.25, -0.2) is 9.82 Å². The lowest BCUT2D eigenvalue weighted by Gasteiger charge is -2.18. The number of halogens is 1. The molecule has 0 aliphatic carbocycles. The molecule has 5 heteroatoms. The van der Waals surface area contributed by atoms with Crippen molar-refractivity contribution in [1.82, 2.24) is 15.2 Å². The van der Waals surface area contributed by atoms with Gasteiger partial charge in [0.1, 0.15) is 5.82 Å². The van der Waals surface area contributed by atoms with Crippen LogP contribution in [0.5, 0.6) is 0 Å². The molecular formula is C13H17FN4. The van der Waals surface area contributed by atoms with Crippen LogP contribution in [0.15, 0.2) is 30.5 Å². The zero-order chi connectivity index (χ0) is 13.1. The molecule has 1 heterocycles. The van der Waals surface area contributed by atoms with E-state index < -0.39 is 6.04 Å². The first-order chi connectivity index (χ1) is 8.67. The normalized spacial score (nSPS) is 12.7. The molecule has 0 spiro atoms. The molecular weight excluding hydrogens is 231 g/mol. The minimum Gasteiger partial charge on any atom is -0.271 e. The maximum Gasteiger partial charge on any atom is 0.128 e. The van der Waals surface area contributed by atoms with E-state index in [1.807, 2.05) is 19.9 Å². The summed E-state index contributed by atoms with van der Waals surface area (Å²) in [6.07, 6.45) is 1.69. The standard InChI is InChI=1S/C13H17FN4/c1-3-18-12(6-7-16-18)13(17-15)10-8-9(2)4-5-11(10)14/h4-8,13,17H,3,15H2,1-2H3. The Hall–Kier alpha value is -1.72. The van der Waals surface area contributed by atoms with Crippen molar-refractivity contribution in [2.45, 2.75) is 26.4 Å². The van der Waals surface area contributed by atoms with Gasteiger partial charge in [-0.1, -0.05) is 17.7 Å². The Balaban J connectivity index is 2.48. The Morgan fingerprint density at radius 1 is 1.44 bits per heavy atom. The molecule has 0 saturated carbocycles. The van der Waals surface area contributed by atoms with Gasteiger partial charge in [-0.15, -0.1) is 0 Å². The van der Waals surface area contributed by atoms with E-state index in [0.717, 1.165) is 11.3 Å². The number of hydrazine groups is 1. The number of aryl methyl sites for hydroxylation is 2. The number of aromatic nitrogens is 2. The summed E-state index contributed by atoms with van der Waals surface area (Å²) in [5, 5.41) is 4.18. The summed E-state index contributed by atoms with van der Waals surface area (Å²) in [5.74, 6) is 5.31. The van der Waals surface area contributed by atoms with E-state index in [1.165, 1.54) is 6.07 Å². The fourth-order valence-corrected chi connectivity index (χ4v) is 2.07. The van der Waals surface area contributed by atoms with Crippen LogP contribution in [0.4, 0.5) is 4.39 Å². The van der Waals surface area contributed by atoms with Crippen LogP contribution in [-0.4, -0.2) is 9.78 Å².